The second kappa shape index (κ2) is 6.81. The number of allylic oxidation sites excluding steroid dienone is 3. The highest BCUT2D eigenvalue weighted by atomic mass is 32.2. The predicted molar refractivity (Wildman–Crippen MR) is 86.7 cm³/mol. The molecular formula is C16H24F3NOS. The number of nitrogens with one attached hydrogen (secondary N) is 1. The largest absolute Gasteiger partial charge is 0.416 e. The Balaban J connectivity index is 3.34. The van der Waals surface area contributed by atoms with Gasteiger partial charge in [0.1, 0.15) is 5.54 Å². The minimum atomic E-state index is -4.43. The van der Waals surface area contributed by atoms with Gasteiger partial charge in [-0.2, -0.15) is 13.2 Å². The highest BCUT2D eigenvalue weighted by molar-refractivity contribution is 7.98. The molecule has 0 bridgehead atoms. The van der Waals surface area contributed by atoms with Gasteiger partial charge in [-0.25, -0.2) is 4.72 Å². The van der Waals surface area contributed by atoms with Gasteiger partial charge in [0.15, 0.2) is 0 Å². The maximum absolute atomic E-state index is 13.5. The molecule has 0 aromatic heterocycles. The average Bonchev–Trinajstić information content (AvgIpc) is 2.32. The van der Waals surface area contributed by atoms with Gasteiger partial charge < -0.3 is 4.74 Å². The van der Waals surface area contributed by atoms with Crippen molar-refractivity contribution < 1.29 is 17.9 Å². The van der Waals surface area contributed by atoms with E-state index < -0.39 is 17.3 Å². The van der Waals surface area contributed by atoms with Gasteiger partial charge in [-0.05, 0) is 45.8 Å². The molecule has 0 atom stereocenters. The first-order valence-corrected chi connectivity index (χ1v) is 7.89. The minimum Gasteiger partial charge on any atom is -0.377 e. The molecule has 22 heavy (non-hydrogen) atoms. The summed E-state index contributed by atoms with van der Waals surface area (Å²) in [5, 5.41) is 0. The first-order valence-electron chi connectivity index (χ1n) is 7.07. The van der Waals surface area contributed by atoms with E-state index in [-0.39, 0.29) is 29.1 Å². The molecule has 0 aromatic carbocycles. The Hall–Kier alpha value is -0.720. The number of ether oxygens (including phenoxy) is 1. The van der Waals surface area contributed by atoms with Crippen LogP contribution in [0.25, 0.3) is 0 Å². The van der Waals surface area contributed by atoms with E-state index in [2.05, 4.69) is 11.3 Å². The summed E-state index contributed by atoms with van der Waals surface area (Å²) in [5.41, 5.74) is -1.14. The van der Waals surface area contributed by atoms with Crippen molar-refractivity contribution in [2.24, 2.45) is 0 Å². The summed E-state index contributed by atoms with van der Waals surface area (Å²) in [5.74, 6) is 0. The third-order valence-electron chi connectivity index (χ3n) is 3.35. The zero-order valence-electron chi connectivity index (χ0n) is 13.7. The van der Waals surface area contributed by atoms with Crippen LogP contribution in [0.1, 0.15) is 34.6 Å². The molecule has 6 heteroatoms. The maximum atomic E-state index is 13.5. The van der Waals surface area contributed by atoms with Gasteiger partial charge in [0, 0.05) is 4.75 Å². The molecule has 1 saturated heterocycles. The van der Waals surface area contributed by atoms with Gasteiger partial charge in [-0.15, -0.1) is 0 Å². The minimum absolute atomic E-state index is 0.122. The molecular weight excluding hydrogens is 311 g/mol. The Morgan fingerprint density at radius 2 is 1.82 bits per heavy atom. The lowest BCUT2D eigenvalue weighted by Crippen LogP contribution is -2.60. The van der Waals surface area contributed by atoms with Crippen molar-refractivity contribution in [3.8, 4) is 0 Å². The van der Waals surface area contributed by atoms with Crippen LogP contribution in [0.5, 0.6) is 0 Å². The Bertz CT molecular complexity index is 483. The molecule has 1 aliphatic heterocycles. The summed E-state index contributed by atoms with van der Waals surface area (Å²) in [6.07, 6.45) is -1.66. The SMILES string of the molecule is C=C/C(=C(\C(C)=C/C)C(F)(F)F)C1(NSC(C)(C)C)COC1. The fourth-order valence-electron chi connectivity index (χ4n) is 2.10. The van der Waals surface area contributed by atoms with E-state index in [1.807, 2.05) is 20.8 Å². The zero-order chi connectivity index (χ0) is 17.2. The van der Waals surface area contributed by atoms with Crippen molar-refractivity contribution in [1.82, 2.24) is 4.72 Å². The normalized spacial score (nSPS) is 20.3. The topological polar surface area (TPSA) is 21.3 Å². The summed E-state index contributed by atoms with van der Waals surface area (Å²) in [7, 11) is 0. The quantitative estimate of drug-likeness (QED) is 0.576. The standard InChI is InChI=1S/C16H24F3NOS/c1-7-11(3)13(16(17,18)19)12(8-2)15(9-21-10-15)20-22-14(4,5)6/h7-8,20H,2,9-10H2,1,3-6H3/b11-7-,13-12-. The second-order valence-corrected chi connectivity index (χ2v) is 7.99. The van der Waals surface area contributed by atoms with Gasteiger partial charge in [0.2, 0.25) is 0 Å². The molecule has 126 valence electrons. The van der Waals surface area contributed by atoms with E-state index in [0.717, 1.165) is 0 Å². The number of alkyl halides is 3. The lowest BCUT2D eigenvalue weighted by Gasteiger charge is -2.45. The van der Waals surface area contributed by atoms with Crippen LogP contribution >= 0.6 is 11.9 Å². The van der Waals surface area contributed by atoms with Crippen molar-refractivity contribution >= 4 is 11.9 Å². The van der Waals surface area contributed by atoms with Crippen LogP contribution in [0, 0.1) is 0 Å². The molecule has 1 heterocycles. The molecule has 0 aromatic rings. The van der Waals surface area contributed by atoms with Gasteiger partial charge in [-0.1, -0.05) is 30.7 Å². The van der Waals surface area contributed by atoms with Crippen molar-refractivity contribution in [3.05, 3.63) is 35.5 Å². The third-order valence-corrected chi connectivity index (χ3v) is 4.45. The van der Waals surface area contributed by atoms with Gasteiger partial charge in [0.05, 0.1) is 18.8 Å². The molecule has 2 nitrogen and oxygen atoms in total. The maximum Gasteiger partial charge on any atom is 0.416 e. The van der Waals surface area contributed by atoms with E-state index >= 15 is 0 Å². The predicted octanol–water partition coefficient (Wildman–Crippen LogP) is 4.80. The summed E-state index contributed by atoms with van der Waals surface area (Å²) >= 11 is 1.41. The highest BCUT2D eigenvalue weighted by Gasteiger charge is 2.48. The van der Waals surface area contributed by atoms with Crippen molar-refractivity contribution in [3.63, 3.8) is 0 Å². The molecule has 0 unspecified atom stereocenters. The molecule has 0 saturated carbocycles. The molecule has 1 N–H and O–H groups in total. The molecule has 1 aliphatic rings. The lowest BCUT2D eigenvalue weighted by molar-refractivity contribution is -0.0939. The van der Waals surface area contributed by atoms with Crippen LogP contribution in [0.2, 0.25) is 0 Å². The van der Waals surface area contributed by atoms with Crippen LogP contribution in [-0.4, -0.2) is 29.7 Å². The summed E-state index contributed by atoms with van der Waals surface area (Å²) in [4.78, 5) is 0. The van der Waals surface area contributed by atoms with Crippen LogP contribution in [0.3, 0.4) is 0 Å². The summed E-state index contributed by atoms with van der Waals surface area (Å²) in [6.45, 7) is 13.1. The van der Waals surface area contributed by atoms with Gasteiger partial charge >= 0.3 is 6.18 Å². The fraction of sp³-hybridized carbons (Fsp3) is 0.625. The first-order chi connectivity index (χ1) is 9.97. The fourth-order valence-corrected chi connectivity index (χ4v) is 2.83. The zero-order valence-corrected chi connectivity index (χ0v) is 14.5. The highest BCUT2D eigenvalue weighted by Crippen LogP contribution is 2.41. The Morgan fingerprint density at radius 3 is 2.09 bits per heavy atom. The monoisotopic (exact) mass is 335 g/mol. The van der Waals surface area contributed by atoms with Crippen molar-refractivity contribution in [2.45, 2.75) is 51.1 Å². The van der Waals surface area contributed by atoms with Gasteiger partial charge in [0.25, 0.3) is 0 Å². The Morgan fingerprint density at radius 1 is 1.27 bits per heavy atom. The lowest BCUT2D eigenvalue weighted by atomic mass is 9.83. The Labute approximate surface area is 135 Å². The van der Waals surface area contributed by atoms with Gasteiger partial charge in [-0.3, -0.25) is 0 Å². The Kier molecular flexibility index (Phi) is 5.98. The summed E-state index contributed by atoms with van der Waals surface area (Å²) in [6, 6.07) is 0. The van der Waals surface area contributed by atoms with E-state index in [0.29, 0.717) is 0 Å². The summed E-state index contributed by atoms with van der Waals surface area (Å²) < 4.78 is 48.9. The van der Waals surface area contributed by atoms with E-state index in [9.17, 15) is 13.2 Å². The van der Waals surface area contributed by atoms with E-state index in [1.165, 1.54) is 31.0 Å². The molecule has 0 amide bonds. The van der Waals surface area contributed by atoms with Crippen molar-refractivity contribution in [2.75, 3.05) is 13.2 Å². The third kappa shape index (κ3) is 4.40. The van der Waals surface area contributed by atoms with Crippen LogP contribution in [0.4, 0.5) is 13.2 Å². The number of hydrogen-bond acceptors (Lipinski definition) is 3. The van der Waals surface area contributed by atoms with Crippen molar-refractivity contribution in [1.29, 1.82) is 0 Å². The number of rotatable bonds is 5. The van der Waals surface area contributed by atoms with E-state index in [4.69, 9.17) is 4.74 Å². The van der Waals surface area contributed by atoms with Crippen LogP contribution < -0.4 is 4.72 Å². The smallest absolute Gasteiger partial charge is 0.377 e. The second-order valence-electron chi connectivity index (χ2n) is 6.35. The molecule has 0 spiro atoms. The van der Waals surface area contributed by atoms with Crippen LogP contribution in [0.15, 0.2) is 35.5 Å². The van der Waals surface area contributed by atoms with E-state index in [1.54, 1.807) is 6.92 Å². The molecule has 0 radical (unpaired) electrons. The average molecular weight is 335 g/mol. The first kappa shape index (κ1) is 19.3. The molecule has 0 aliphatic carbocycles. The number of hydrogen-bond donors (Lipinski definition) is 1. The number of halogens is 3. The molecule has 1 rings (SSSR count). The molecule has 1 fully saturated rings. The van der Waals surface area contributed by atoms with Crippen LogP contribution in [-0.2, 0) is 4.74 Å².